The Morgan fingerprint density at radius 2 is 2.19 bits per heavy atom. The van der Waals surface area contributed by atoms with Gasteiger partial charge in [0.25, 0.3) is 5.91 Å². The van der Waals surface area contributed by atoms with Crippen molar-refractivity contribution in [1.82, 2.24) is 9.88 Å². The Morgan fingerprint density at radius 1 is 1.41 bits per heavy atom. The number of nitrogens with one attached hydrogen (secondary N) is 1. The standard InChI is InChI=1S/C19H19N5OS2/c1-9-10(2)26-19(13(9)7-20)23-17(25)16-15(21)12-6-11-8-24(3)5-4-14(11)22-18(12)27-16/h6H,4-5,8,21H2,1-3H3,(H,23,25). The van der Waals surface area contributed by atoms with Crippen LogP contribution >= 0.6 is 22.7 Å². The van der Waals surface area contributed by atoms with E-state index in [1.807, 2.05) is 13.8 Å². The molecule has 1 aliphatic rings. The van der Waals surface area contributed by atoms with Crippen molar-refractivity contribution < 1.29 is 4.79 Å². The zero-order valence-electron chi connectivity index (χ0n) is 15.3. The van der Waals surface area contributed by atoms with Gasteiger partial charge < -0.3 is 16.0 Å². The quantitative estimate of drug-likeness (QED) is 0.688. The smallest absolute Gasteiger partial charge is 0.268 e. The zero-order chi connectivity index (χ0) is 19.3. The van der Waals surface area contributed by atoms with Crippen LogP contribution in [0.3, 0.4) is 0 Å². The van der Waals surface area contributed by atoms with Gasteiger partial charge in [-0.15, -0.1) is 22.7 Å². The number of amides is 1. The maximum atomic E-state index is 12.8. The van der Waals surface area contributed by atoms with Gasteiger partial charge in [-0.2, -0.15) is 5.26 Å². The van der Waals surface area contributed by atoms with E-state index in [0.29, 0.717) is 21.1 Å². The van der Waals surface area contributed by atoms with Crippen LogP contribution in [0.15, 0.2) is 6.07 Å². The molecule has 0 saturated heterocycles. The number of aromatic nitrogens is 1. The summed E-state index contributed by atoms with van der Waals surface area (Å²) in [6.45, 7) is 5.65. The molecule has 0 bridgehead atoms. The third-order valence-corrected chi connectivity index (χ3v) is 7.23. The fraction of sp³-hybridized carbons (Fsp3) is 0.316. The number of hydrogen-bond donors (Lipinski definition) is 2. The number of pyridine rings is 1. The van der Waals surface area contributed by atoms with Crippen LogP contribution in [-0.4, -0.2) is 29.4 Å². The lowest BCUT2D eigenvalue weighted by Crippen LogP contribution is -2.27. The molecule has 138 valence electrons. The lowest BCUT2D eigenvalue weighted by molar-refractivity contribution is 0.103. The molecular weight excluding hydrogens is 378 g/mol. The number of likely N-dealkylation sites (N-methyl/N-ethyl adjacent to an activating group) is 1. The Labute approximate surface area is 165 Å². The highest BCUT2D eigenvalue weighted by molar-refractivity contribution is 7.21. The van der Waals surface area contributed by atoms with Crippen molar-refractivity contribution in [3.05, 3.63) is 38.2 Å². The summed E-state index contributed by atoms with van der Waals surface area (Å²) in [5.74, 6) is -0.289. The molecule has 3 aromatic heterocycles. The zero-order valence-corrected chi connectivity index (χ0v) is 17.0. The molecule has 8 heteroatoms. The minimum absolute atomic E-state index is 0.289. The van der Waals surface area contributed by atoms with E-state index in [0.717, 1.165) is 45.9 Å². The average Bonchev–Trinajstić information content (AvgIpc) is 3.09. The van der Waals surface area contributed by atoms with Crippen LogP contribution in [0.2, 0.25) is 0 Å². The molecule has 0 atom stereocenters. The van der Waals surface area contributed by atoms with Crippen molar-refractivity contribution in [3.8, 4) is 6.07 Å². The average molecular weight is 398 g/mol. The predicted octanol–water partition coefficient (Wildman–Crippen LogP) is 3.67. The highest BCUT2D eigenvalue weighted by Crippen LogP contribution is 2.37. The van der Waals surface area contributed by atoms with Crippen LogP contribution in [0.5, 0.6) is 0 Å². The monoisotopic (exact) mass is 397 g/mol. The molecule has 0 unspecified atom stereocenters. The first-order valence-corrected chi connectivity index (χ1v) is 10.2. The maximum absolute atomic E-state index is 12.8. The number of carbonyl (C=O) groups is 1. The van der Waals surface area contributed by atoms with Crippen molar-refractivity contribution in [2.24, 2.45) is 0 Å². The van der Waals surface area contributed by atoms with E-state index in [4.69, 9.17) is 10.7 Å². The molecule has 6 nitrogen and oxygen atoms in total. The third kappa shape index (κ3) is 2.98. The number of rotatable bonds is 2. The van der Waals surface area contributed by atoms with Gasteiger partial charge in [-0.3, -0.25) is 4.79 Å². The molecule has 0 aliphatic carbocycles. The van der Waals surface area contributed by atoms with Gasteiger partial charge in [0.15, 0.2) is 0 Å². The third-order valence-electron chi connectivity index (χ3n) is 4.99. The summed E-state index contributed by atoms with van der Waals surface area (Å²) in [4.78, 5) is 22.1. The fourth-order valence-electron chi connectivity index (χ4n) is 3.32. The number of fused-ring (bicyclic) bond motifs is 2. The van der Waals surface area contributed by atoms with Gasteiger partial charge in [0, 0.05) is 35.5 Å². The molecule has 0 saturated carbocycles. The number of nitrogens with two attached hydrogens (primary N) is 1. The van der Waals surface area contributed by atoms with Crippen LogP contribution < -0.4 is 11.1 Å². The van der Waals surface area contributed by atoms with Crippen molar-refractivity contribution in [2.45, 2.75) is 26.8 Å². The summed E-state index contributed by atoms with van der Waals surface area (Å²) in [6, 6.07) is 4.24. The first-order valence-electron chi connectivity index (χ1n) is 8.59. The molecule has 0 radical (unpaired) electrons. The molecular formula is C19H19N5OS2. The molecule has 27 heavy (non-hydrogen) atoms. The highest BCUT2D eigenvalue weighted by atomic mass is 32.1. The Morgan fingerprint density at radius 3 is 2.93 bits per heavy atom. The van der Waals surface area contributed by atoms with E-state index in [9.17, 15) is 10.1 Å². The van der Waals surface area contributed by atoms with Crippen LogP contribution in [0.4, 0.5) is 10.7 Å². The number of nitrogen functional groups attached to an aromatic ring is 1. The van der Waals surface area contributed by atoms with Gasteiger partial charge in [-0.05, 0) is 38.1 Å². The number of nitriles is 1. The molecule has 0 aromatic carbocycles. The summed E-state index contributed by atoms with van der Waals surface area (Å²) in [5, 5.41) is 13.7. The van der Waals surface area contributed by atoms with Crippen molar-refractivity contribution in [2.75, 3.05) is 24.6 Å². The molecule has 0 fully saturated rings. The summed E-state index contributed by atoms with van der Waals surface area (Å²) >= 11 is 2.72. The number of carbonyl (C=O) groups excluding carboxylic acids is 1. The van der Waals surface area contributed by atoms with Gasteiger partial charge in [0.05, 0.1) is 11.3 Å². The second-order valence-electron chi connectivity index (χ2n) is 6.83. The Kier molecular flexibility index (Phi) is 4.38. The highest BCUT2D eigenvalue weighted by Gasteiger charge is 2.23. The predicted molar refractivity (Wildman–Crippen MR) is 111 cm³/mol. The van der Waals surface area contributed by atoms with Crippen molar-refractivity contribution in [3.63, 3.8) is 0 Å². The summed E-state index contributed by atoms with van der Waals surface area (Å²) in [5.41, 5.74) is 10.4. The van der Waals surface area contributed by atoms with Gasteiger partial charge in [0.1, 0.15) is 20.8 Å². The van der Waals surface area contributed by atoms with E-state index >= 15 is 0 Å². The van der Waals surface area contributed by atoms with Gasteiger partial charge in [-0.25, -0.2) is 4.98 Å². The maximum Gasteiger partial charge on any atom is 0.268 e. The van der Waals surface area contributed by atoms with Gasteiger partial charge >= 0.3 is 0 Å². The number of thiophene rings is 2. The topological polar surface area (TPSA) is 95.0 Å². The lowest BCUT2D eigenvalue weighted by atomic mass is 10.0. The molecule has 3 N–H and O–H groups in total. The molecule has 1 amide bonds. The minimum atomic E-state index is -0.289. The number of anilines is 2. The van der Waals surface area contributed by atoms with Gasteiger partial charge in [-0.1, -0.05) is 0 Å². The molecule has 0 spiro atoms. The fourth-order valence-corrected chi connectivity index (χ4v) is 5.31. The van der Waals surface area contributed by atoms with E-state index in [-0.39, 0.29) is 5.91 Å². The van der Waals surface area contributed by atoms with Crippen LogP contribution in [-0.2, 0) is 13.0 Å². The number of aryl methyl sites for hydroxylation is 1. The van der Waals surface area contributed by atoms with E-state index in [1.165, 1.54) is 28.2 Å². The Hall–Kier alpha value is -2.47. The van der Waals surface area contributed by atoms with E-state index < -0.39 is 0 Å². The number of hydrogen-bond acceptors (Lipinski definition) is 7. The normalized spacial score (nSPS) is 14.1. The lowest BCUT2D eigenvalue weighted by Gasteiger charge is -2.24. The largest absolute Gasteiger partial charge is 0.397 e. The first kappa shape index (κ1) is 17.9. The van der Waals surface area contributed by atoms with Crippen LogP contribution in [0, 0.1) is 25.2 Å². The molecule has 4 rings (SSSR count). The summed E-state index contributed by atoms with van der Waals surface area (Å²) in [7, 11) is 2.08. The Bertz CT molecular complexity index is 1120. The van der Waals surface area contributed by atoms with E-state index in [2.05, 4.69) is 29.4 Å². The van der Waals surface area contributed by atoms with Gasteiger partial charge in [0.2, 0.25) is 0 Å². The summed E-state index contributed by atoms with van der Waals surface area (Å²) < 4.78 is 0. The van der Waals surface area contributed by atoms with Crippen LogP contribution in [0.1, 0.15) is 36.9 Å². The molecule has 4 heterocycles. The molecule has 1 aliphatic heterocycles. The van der Waals surface area contributed by atoms with Crippen molar-refractivity contribution in [1.29, 1.82) is 5.26 Å². The second-order valence-corrected chi connectivity index (χ2v) is 9.06. The van der Waals surface area contributed by atoms with E-state index in [1.54, 1.807) is 0 Å². The number of nitrogens with zero attached hydrogens (tertiary/aromatic N) is 3. The first-order chi connectivity index (χ1) is 12.9. The SMILES string of the molecule is Cc1sc(NC(=O)c2sc3nc4c(cc3c2N)CN(C)CC4)c(C#N)c1C. The Balaban J connectivity index is 1.72. The van der Waals surface area contributed by atoms with Crippen molar-refractivity contribution >= 4 is 49.5 Å². The summed E-state index contributed by atoms with van der Waals surface area (Å²) in [6.07, 6.45) is 0.903. The minimum Gasteiger partial charge on any atom is -0.397 e. The van der Waals surface area contributed by atoms with Crippen LogP contribution in [0.25, 0.3) is 10.2 Å². The second kappa shape index (κ2) is 6.60. The molecule has 3 aromatic rings.